The number of nitrogens with one attached hydrogen (secondary N) is 6. The van der Waals surface area contributed by atoms with E-state index in [1.54, 1.807) is 14.7 Å². The molecule has 147 heavy (non-hydrogen) atoms. The molecule has 3 aromatic heterocycles. The summed E-state index contributed by atoms with van der Waals surface area (Å²) in [6, 6.07) is 57.2. The summed E-state index contributed by atoms with van der Waals surface area (Å²) in [5, 5.41) is 18.0. The quantitative estimate of drug-likeness (QED) is 0.00963. The molecule has 0 unspecified atom stereocenters. The van der Waals surface area contributed by atoms with Crippen molar-refractivity contribution in [1.29, 1.82) is 0 Å². The van der Waals surface area contributed by atoms with Crippen molar-refractivity contribution in [2.24, 2.45) is 0 Å². The summed E-state index contributed by atoms with van der Waals surface area (Å²) < 4.78 is 41.6. The third-order valence-electron chi connectivity index (χ3n) is 24.2. The minimum absolute atomic E-state index is 0.108. The number of hydrogen-bond donors (Lipinski definition) is 6. The van der Waals surface area contributed by atoms with E-state index in [1.165, 1.54) is 18.2 Å². The Morgan fingerprint density at radius 3 is 0.694 bits per heavy atom. The van der Waals surface area contributed by atoms with Crippen LogP contribution in [0, 0.1) is 41.5 Å². The Morgan fingerprint density at radius 1 is 0.259 bits per heavy atom. The highest BCUT2D eigenvalue weighted by Gasteiger charge is 2.36. The summed E-state index contributed by atoms with van der Waals surface area (Å²) in [5.41, 5.74) is 14.7. The predicted molar refractivity (Wildman–Crippen MR) is 580 cm³/mol. The zero-order valence-electron chi connectivity index (χ0n) is 89.7. The van der Waals surface area contributed by atoms with Gasteiger partial charge in [0.05, 0.1) is 34.1 Å². The van der Waals surface area contributed by atoms with E-state index < -0.39 is 87.9 Å². The number of unbranched alkanes of at least 4 members (excludes halogenated alkanes) is 9. The van der Waals surface area contributed by atoms with Gasteiger partial charge in [0, 0.05) is 129 Å². The number of rotatable bonds is 33. The zero-order chi connectivity index (χ0) is 107. The van der Waals surface area contributed by atoms with Crippen molar-refractivity contribution in [1.82, 2.24) is 30.9 Å². The molecule has 13 rings (SSSR count). The number of para-hydroxylation sites is 3. The molecule has 0 aliphatic rings. The van der Waals surface area contributed by atoms with Gasteiger partial charge >= 0.3 is 36.6 Å². The van der Waals surface area contributed by atoms with Gasteiger partial charge in [-0.2, -0.15) is 0 Å². The van der Waals surface area contributed by atoms with Crippen LogP contribution in [0.2, 0.25) is 0 Å². The Kier molecular flexibility index (Phi) is 34.3. The molecule has 30 nitrogen and oxygen atoms in total. The number of amides is 9. The van der Waals surface area contributed by atoms with E-state index in [4.69, 9.17) is 43.4 Å². The van der Waals surface area contributed by atoms with Gasteiger partial charge in [-0.25, -0.2) is 43.7 Å². The van der Waals surface area contributed by atoms with Crippen LogP contribution in [-0.2, 0) is 28.4 Å². The van der Waals surface area contributed by atoms with Crippen LogP contribution in [-0.4, -0.2) is 142 Å². The molecular formula is C117H144N15O15+3. The lowest BCUT2D eigenvalue weighted by Gasteiger charge is -2.28. The van der Waals surface area contributed by atoms with Gasteiger partial charge in [-0.3, -0.25) is 45.0 Å². The minimum atomic E-state index is -0.831. The van der Waals surface area contributed by atoms with E-state index in [-0.39, 0.29) is 56.0 Å². The molecule has 10 aromatic carbocycles. The number of aromatic nitrogens is 6. The maximum absolute atomic E-state index is 14.6. The van der Waals surface area contributed by atoms with E-state index in [1.807, 2.05) is 330 Å². The highest BCUT2D eigenvalue weighted by Crippen LogP contribution is 2.37. The van der Waals surface area contributed by atoms with Crippen LogP contribution in [0.3, 0.4) is 0 Å². The van der Waals surface area contributed by atoms with Crippen LogP contribution in [0.25, 0.3) is 83.3 Å². The highest BCUT2D eigenvalue weighted by molar-refractivity contribution is 6.05. The number of carbonyl (C=O) groups excluding carboxylic acids is 9. The summed E-state index contributed by atoms with van der Waals surface area (Å²) in [6.07, 6.45) is 3.97. The molecule has 13 aromatic rings. The number of ether oxygens (including phenoxy) is 6. The number of nitrogens with zero attached hydrogens (tertiary/aromatic N) is 9. The molecule has 6 N–H and O–H groups in total. The Bertz CT molecular complexity index is 6440. The van der Waals surface area contributed by atoms with Gasteiger partial charge < -0.3 is 44.4 Å². The van der Waals surface area contributed by atoms with Crippen molar-refractivity contribution in [3.8, 4) is 17.1 Å². The monoisotopic (exact) mass is 2000 g/mol. The van der Waals surface area contributed by atoms with Gasteiger partial charge in [0.1, 0.15) is 66.7 Å². The van der Waals surface area contributed by atoms with Crippen molar-refractivity contribution in [2.75, 3.05) is 69.9 Å². The number of hydrogen-bond acceptors (Lipinski definition) is 18. The molecule has 0 bridgehead atoms. The SMILES string of the molecule is Cc1cc2nc3cc(C)c(N(CCCCCCNC(=O)c4cc(C(=O)NCCCCCCN(C(=O)OC(C)(C)C)c5cc6c(cc5C)nc5cc(C)c(NC(=O)OC(C)(C)C)cc5[n+]6-c5ccccc5)cc(C(=O)NCCCCCCN(C(=O)OC(C)(C)C)c5cc6c(cc5C)nc5cc(C)c(NC(=O)OC(C)(C)C)cc5[n+]6-c5ccccc5)c4)C(=O)OC(C)(C)C)cc3[n+](-c3ccccc3)c2cc1NC(=O)OC(C)(C)C. The van der Waals surface area contributed by atoms with Crippen LogP contribution < -0.4 is 60.3 Å². The minimum Gasteiger partial charge on any atom is -0.444 e. The first-order chi connectivity index (χ1) is 69.3. The second-order valence-electron chi connectivity index (χ2n) is 43.8. The Hall–Kier alpha value is -15.0. The molecule has 0 fully saturated rings. The number of carbonyl (C=O) groups is 9. The fourth-order valence-corrected chi connectivity index (χ4v) is 17.6. The van der Waals surface area contributed by atoms with Gasteiger partial charge in [0.25, 0.3) is 17.7 Å². The lowest BCUT2D eigenvalue weighted by molar-refractivity contribution is -0.538. The molecule has 0 spiro atoms. The van der Waals surface area contributed by atoms with Crippen LogP contribution in [0.5, 0.6) is 0 Å². The normalized spacial score (nSPS) is 12.0. The zero-order valence-corrected chi connectivity index (χ0v) is 89.7. The molecule has 0 saturated heterocycles. The Labute approximate surface area is 861 Å². The van der Waals surface area contributed by atoms with Crippen LogP contribution in [0.4, 0.5) is 62.9 Å². The van der Waals surface area contributed by atoms with E-state index >= 15 is 0 Å². The lowest BCUT2D eigenvalue weighted by Crippen LogP contribution is -2.38. The number of fused-ring (bicyclic) bond motifs is 6. The van der Waals surface area contributed by atoms with E-state index in [0.717, 1.165) is 50.4 Å². The van der Waals surface area contributed by atoms with E-state index in [9.17, 15) is 43.2 Å². The molecule has 9 amide bonds. The van der Waals surface area contributed by atoms with E-state index in [2.05, 4.69) is 45.6 Å². The molecule has 0 radical (unpaired) electrons. The maximum Gasteiger partial charge on any atom is 0.414 e. The molecule has 0 atom stereocenters. The van der Waals surface area contributed by atoms with Crippen molar-refractivity contribution in [3.05, 3.63) is 232 Å². The first-order valence-electron chi connectivity index (χ1n) is 50.9. The average molecular weight is 2000 g/mol. The lowest BCUT2D eigenvalue weighted by atomic mass is 10.0. The van der Waals surface area contributed by atoms with Crippen molar-refractivity contribution in [2.45, 2.75) is 277 Å². The highest BCUT2D eigenvalue weighted by atomic mass is 16.6. The summed E-state index contributed by atoms with van der Waals surface area (Å²) in [7, 11) is 0. The summed E-state index contributed by atoms with van der Waals surface area (Å²) in [5.74, 6) is -1.46. The molecule has 774 valence electrons. The Morgan fingerprint density at radius 2 is 0.469 bits per heavy atom. The van der Waals surface area contributed by atoms with Crippen LogP contribution in [0.15, 0.2) is 182 Å². The fraction of sp³-hybridized carbons (Fsp3) is 0.410. The maximum atomic E-state index is 14.6. The van der Waals surface area contributed by atoms with Crippen molar-refractivity contribution >= 4 is 155 Å². The molecule has 0 aliphatic carbocycles. The van der Waals surface area contributed by atoms with Gasteiger partial charge in [-0.05, 0) is 293 Å². The summed E-state index contributed by atoms with van der Waals surface area (Å²) in [4.78, 5) is 148. The molecule has 3 heterocycles. The fourth-order valence-electron chi connectivity index (χ4n) is 17.6. The topological polar surface area (TPSA) is 341 Å². The predicted octanol–water partition coefficient (Wildman–Crippen LogP) is 24.7. The standard InChI is InChI=1S/C117H141N15O15/c1-73-58-88-97(67-85(73)124-106(136)142-112(7,8)9)130(82-46-34-31-35-47-82)100-70-94(76(4)61-91(100)121-88)127(109(139)145-115(16,17)18)55-43-28-25-40-52-118-103(133)79-64-80(104(134)119-53-41-26-29-44-56-128(110(140)146-116(19,20)21)95-71-101-92(62-77(95)5)122-89-59-74(2)86(125-107(137)143-113(10,11)12)68-98(89)131(101)83-48-36-32-37-49-83)66-81(65-79)105(135)120-54-42-27-30-45-57-129(111(141)147-117(22,23)24)96-72-102-93(63-78(96)6)123-90-60-75(3)87(126-108(138)144-114(13,14)15)69-99(90)132(102)84-50-38-33-39-51-84/h31-39,46-51,58-72H,25-30,40-45,52-57H2,1-24H3,(H3,118,119,120,133,134,135)/p+3. The second kappa shape index (κ2) is 46.2. The third kappa shape index (κ3) is 29.3. The van der Waals surface area contributed by atoms with Crippen molar-refractivity contribution in [3.63, 3.8) is 0 Å². The smallest absolute Gasteiger partial charge is 0.414 e. The number of anilines is 6. The summed E-state index contributed by atoms with van der Waals surface area (Å²) in [6.45, 7) is 45.9. The number of benzene rings is 10. The largest absolute Gasteiger partial charge is 0.444 e. The third-order valence-corrected chi connectivity index (χ3v) is 24.2. The van der Waals surface area contributed by atoms with E-state index in [0.29, 0.717) is 177 Å². The van der Waals surface area contributed by atoms with Crippen molar-refractivity contribution < 1.29 is 85.3 Å². The molecule has 0 aliphatic heterocycles. The second-order valence-corrected chi connectivity index (χ2v) is 43.8. The summed E-state index contributed by atoms with van der Waals surface area (Å²) >= 11 is 0. The van der Waals surface area contributed by atoms with Gasteiger partial charge in [0.15, 0.2) is 0 Å². The van der Waals surface area contributed by atoms with Crippen LogP contribution in [0.1, 0.15) is 266 Å². The first kappa shape index (κ1) is 109. The number of aryl methyl sites for hydroxylation is 6. The molecule has 0 saturated carbocycles. The molecule has 30 heteroatoms. The van der Waals surface area contributed by atoms with Crippen LogP contribution >= 0.6 is 0 Å². The molecular weight excluding hydrogens is 1860 g/mol. The van der Waals surface area contributed by atoms with Gasteiger partial charge in [-0.15, -0.1) is 13.7 Å². The van der Waals surface area contributed by atoms with Gasteiger partial charge in [0.2, 0.25) is 50.2 Å². The Balaban J connectivity index is 0.704. The van der Waals surface area contributed by atoms with Gasteiger partial charge in [-0.1, -0.05) is 93.1 Å². The average Bonchev–Trinajstić information content (AvgIpc) is 0.747. The first-order valence-corrected chi connectivity index (χ1v) is 50.9.